The third-order valence-electron chi connectivity index (χ3n) is 4.79. The van der Waals surface area contributed by atoms with Crippen LogP contribution in [0.4, 0.5) is 10.1 Å². The molecule has 2 aromatic carbocycles. The summed E-state index contributed by atoms with van der Waals surface area (Å²) in [5, 5.41) is 14.1. The highest BCUT2D eigenvalue weighted by molar-refractivity contribution is 7.99. The monoisotopic (exact) mass is 499 g/mol. The maximum Gasteiger partial charge on any atom is 0.338 e. The van der Waals surface area contributed by atoms with E-state index >= 15 is 0 Å². The lowest BCUT2D eigenvalue weighted by atomic mass is 10.2. The summed E-state index contributed by atoms with van der Waals surface area (Å²) in [5.74, 6) is -1.34. The summed E-state index contributed by atoms with van der Waals surface area (Å²) in [6, 6.07) is 12.3. The molecule has 0 radical (unpaired) electrons. The zero-order valence-electron chi connectivity index (χ0n) is 19.4. The number of nitrogens with zero attached hydrogens (tertiary/aromatic N) is 3. The first-order valence-electron chi connectivity index (χ1n) is 11.1. The molecule has 1 heterocycles. The van der Waals surface area contributed by atoms with Crippen LogP contribution in [0.1, 0.15) is 46.8 Å². The van der Waals surface area contributed by atoms with E-state index in [-0.39, 0.29) is 23.8 Å². The van der Waals surface area contributed by atoms with Crippen molar-refractivity contribution in [3.8, 4) is 0 Å². The Labute approximate surface area is 206 Å². The summed E-state index contributed by atoms with van der Waals surface area (Å²) in [5.41, 5.74) is 0.788. The molecule has 2 amide bonds. The summed E-state index contributed by atoms with van der Waals surface area (Å²) in [6.07, 6.45) is 0.724. The SMILES string of the molecule is CCCOC(=O)c1cccc(NC(=O)CSc2nnc(CNC(=O)c3ccccc3F)n2CC)c1. The molecule has 0 atom stereocenters. The Morgan fingerprint density at radius 2 is 1.89 bits per heavy atom. The maximum absolute atomic E-state index is 13.8. The van der Waals surface area contributed by atoms with E-state index in [9.17, 15) is 18.8 Å². The summed E-state index contributed by atoms with van der Waals surface area (Å²) < 4.78 is 20.7. The van der Waals surface area contributed by atoms with Crippen LogP contribution in [-0.2, 0) is 22.6 Å². The molecular weight excluding hydrogens is 473 g/mol. The highest BCUT2D eigenvalue weighted by Gasteiger charge is 2.16. The summed E-state index contributed by atoms with van der Waals surface area (Å²) >= 11 is 1.19. The third-order valence-corrected chi connectivity index (χ3v) is 5.75. The molecule has 0 fully saturated rings. The van der Waals surface area contributed by atoms with Crippen molar-refractivity contribution in [2.45, 2.75) is 38.5 Å². The number of ether oxygens (including phenoxy) is 1. The Bertz CT molecular complexity index is 1200. The predicted octanol–water partition coefficient (Wildman–Crippen LogP) is 3.66. The fraction of sp³-hybridized carbons (Fsp3) is 0.292. The molecule has 11 heteroatoms. The van der Waals surface area contributed by atoms with Crippen LogP contribution in [0.5, 0.6) is 0 Å². The molecule has 0 aliphatic heterocycles. The average molecular weight is 500 g/mol. The van der Waals surface area contributed by atoms with E-state index in [0.29, 0.717) is 35.4 Å². The molecular formula is C24H26FN5O4S. The van der Waals surface area contributed by atoms with Gasteiger partial charge in [0.25, 0.3) is 5.91 Å². The van der Waals surface area contributed by atoms with Gasteiger partial charge in [-0.3, -0.25) is 9.59 Å². The first kappa shape index (κ1) is 25.9. The van der Waals surface area contributed by atoms with Gasteiger partial charge in [0.15, 0.2) is 11.0 Å². The number of anilines is 1. The first-order valence-corrected chi connectivity index (χ1v) is 12.1. The molecule has 35 heavy (non-hydrogen) atoms. The molecule has 3 aromatic rings. The quantitative estimate of drug-likeness (QED) is 0.306. The third kappa shape index (κ3) is 7.12. The minimum atomic E-state index is -0.604. The molecule has 0 unspecified atom stereocenters. The van der Waals surface area contributed by atoms with Crippen molar-refractivity contribution in [1.29, 1.82) is 0 Å². The van der Waals surface area contributed by atoms with Gasteiger partial charge in [0, 0.05) is 12.2 Å². The summed E-state index contributed by atoms with van der Waals surface area (Å²) in [6.45, 7) is 4.70. The van der Waals surface area contributed by atoms with Crippen LogP contribution < -0.4 is 10.6 Å². The molecule has 184 valence electrons. The van der Waals surface area contributed by atoms with Gasteiger partial charge in [-0.05, 0) is 43.7 Å². The van der Waals surface area contributed by atoms with Gasteiger partial charge in [0.2, 0.25) is 5.91 Å². The van der Waals surface area contributed by atoms with Gasteiger partial charge in [0.1, 0.15) is 5.82 Å². The minimum absolute atomic E-state index is 0.0518. The number of thioether (sulfide) groups is 1. The number of esters is 1. The smallest absolute Gasteiger partial charge is 0.338 e. The number of carbonyl (C=O) groups excluding carboxylic acids is 3. The fourth-order valence-corrected chi connectivity index (χ4v) is 3.92. The molecule has 9 nitrogen and oxygen atoms in total. The molecule has 0 saturated carbocycles. The Balaban J connectivity index is 1.55. The van der Waals surface area contributed by atoms with Gasteiger partial charge in [-0.15, -0.1) is 10.2 Å². The molecule has 0 aliphatic carbocycles. The largest absolute Gasteiger partial charge is 0.462 e. The van der Waals surface area contributed by atoms with Gasteiger partial charge in [-0.1, -0.05) is 36.9 Å². The number of halogens is 1. The maximum atomic E-state index is 13.8. The Kier molecular flexibility index (Phi) is 9.36. The van der Waals surface area contributed by atoms with Crippen LogP contribution in [-0.4, -0.2) is 44.9 Å². The second-order valence-electron chi connectivity index (χ2n) is 7.36. The van der Waals surface area contributed by atoms with Crippen LogP contribution in [0, 0.1) is 5.82 Å². The van der Waals surface area contributed by atoms with E-state index in [1.54, 1.807) is 34.9 Å². The second kappa shape index (κ2) is 12.7. The van der Waals surface area contributed by atoms with E-state index < -0.39 is 17.7 Å². The Morgan fingerprint density at radius 3 is 2.63 bits per heavy atom. The van der Waals surface area contributed by atoms with Crippen LogP contribution in [0.25, 0.3) is 0 Å². The van der Waals surface area contributed by atoms with Gasteiger partial charge in [0.05, 0.1) is 30.0 Å². The van der Waals surface area contributed by atoms with E-state index in [1.807, 2.05) is 13.8 Å². The van der Waals surface area contributed by atoms with E-state index in [0.717, 1.165) is 6.42 Å². The number of hydrogen-bond donors (Lipinski definition) is 2. The molecule has 0 saturated heterocycles. The van der Waals surface area contributed by atoms with Crippen LogP contribution >= 0.6 is 11.8 Å². The lowest BCUT2D eigenvalue weighted by Crippen LogP contribution is -2.25. The number of nitrogens with one attached hydrogen (secondary N) is 2. The van der Waals surface area contributed by atoms with Gasteiger partial charge >= 0.3 is 5.97 Å². The number of amides is 2. The van der Waals surface area contributed by atoms with Crippen molar-refractivity contribution in [3.63, 3.8) is 0 Å². The van der Waals surface area contributed by atoms with Crippen molar-refractivity contribution in [2.24, 2.45) is 0 Å². The van der Waals surface area contributed by atoms with Gasteiger partial charge < -0.3 is 19.9 Å². The molecule has 3 rings (SSSR count). The normalized spacial score (nSPS) is 10.6. The zero-order chi connectivity index (χ0) is 25.2. The first-order chi connectivity index (χ1) is 16.9. The highest BCUT2D eigenvalue weighted by Crippen LogP contribution is 2.19. The zero-order valence-corrected chi connectivity index (χ0v) is 20.2. The summed E-state index contributed by atoms with van der Waals surface area (Å²) in [4.78, 5) is 36.7. The molecule has 0 aliphatic rings. The van der Waals surface area contributed by atoms with E-state index in [1.165, 1.54) is 30.0 Å². The molecule has 2 N–H and O–H groups in total. The van der Waals surface area contributed by atoms with Crippen LogP contribution in [0.2, 0.25) is 0 Å². The molecule has 0 spiro atoms. The van der Waals surface area contributed by atoms with Gasteiger partial charge in [-0.25, -0.2) is 9.18 Å². The van der Waals surface area contributed by atoms with Crippen molar-refractivity contribution >= 4 is 35.2 Å². The lowest BCUT2D eigenvalue weighted by molar-refractivity contribution is -0.113. The highest BCUT2D eigenvalue weighted by atomic mass is 32.2. The number of carbonyl (C=O) groups is 3. The molecule has 1 aromatic heterocycles. The number of aromatic nitrogens is 3. The fourth-order valence-electron chi connectivity index (χ4n) is 3.10. The topological polar surface area (TPSA) is 115 Å². The standard InChI is InChI=1S/C24H26FN5O4S/c1-3-12-34-23(33)16-8-7-9-17(13-16)27-21(31)15-35-24-29-28-20(30(24)4-2)14-26-22(32)18-10-5-6-11-19(18)25/h5-11,13H,3-4,12,14-15H2,1-2H3,(H,26,32)(H,27,31). The predicted molar refractivity (Wildman–Crippen MR) is 130 cm³/mol. The van der Waals surface area contributed by atoms with Gasteiger partial charge in [-0.2, -0.15) is 0 Å². The van der Waals surface area contributed by atoms with E-state index in [4.69, 9.17) is 4.74 Å². The number of benzene rings is 2. The minimum Gasteiger partial charge on any atom is -0.462 e. The Hall–Kier alpha value is -3.73. The van der Waals surface area contributed by atoms with Crippen LogP contribution in [0.15, 0.2) is 53.7 Å². The van der Waals surface area contributed by atoms with Crippen LogP contribution in [0.3, 0.4) is 0 Å². The van der Waals surface area contributed by atoms with Crippen molar-refractivity contribution in [1.82, 2.24) is 20.1 Å². The lowest BCUT2D eigenvalue weighted by Gasteiger charge is -2.09. The van der Waals surface area contributed by atoms with Crippen molar-refractivity contribution in [2.75, 3.05) is 17.7 Å². The number of rotatable bonds is 11. The number of hydrogen-bond acceptors (Lipinski definition) is 7. The molecule has 0 bridgehead atoms. The average Bonchev–Trinajstić information content (AvgIpc) is 3.26. The van der Waals surface area contributed by atoms with E-state index in [2.05, 4.69) is 20.8 Å². The second-order valence-corrected chi connectivity index (χ2v) is 8.30. The van der Waals surface area contributed by atoms with Crippen molar-refractivity contribution < 1.29 is 23.5 Å². The summed E-state index contributed by atoms with van der Waals surface area (Å²) in [7, 11) is 0. The Morgan fingerprint density at radius 1 is 1.09 bits per heavy atom. The van der Waals surface area contributed by atoms with Crippen molar-refractivity contribution in [3.05, 3.63) is 71.3 Å².